The van der Waals surface area contributed by atoms with Gasteiger partial charge in [0.05, 0.1) is 11.4 Å². The molecule has 1 aromatic carbocycles. The predicted octanol–water partition coefficient (Wildman–Crippen LogP) is 3.42. The molecule has 2 rings (SSSR count). The zero-order valence-corrected chi connectivity index (χ0v) is 12.4. The molecule has 0 bridgehead atoms. The van der Waals surface area contributed by atoms with Crippen molar-refractivity contribution in [2.45, 2.75) is 20.3 Å². The SMILES string of the molecule is CCc1nnsc1C(=O)Nc1cc(C)ccc1Br. The van der Waals surface area contributed by atoms with Crippen LogP contribution in [0.2, 0.25) is 0 Å². The summed E-state index contributed by atoms with van der Waals surface area (Å²) in [6, 6.07) is 5.81. The molecule has 0 unspecified atom stereocenters. The number of amides is 1. The van der Waals surface area contributed by atoms with Crippen LogP contribution in [0, 0.1) is 6.92 Å². The Morgan fingerprint density at radius 3 is 3.00 bits per heavy atom. The average Bonchev–Trinajstić information content (AvgIpc) is 2.82. The van der Waals surface area contributed by atoms with Crippen molar-refractivity contribution in [3.63, 3.8) is 0 Å². The Hall–Kier alpha value is -1.27. The van der Waals surface area contributed by atoms with Crippen molar-refractivity contribution in [1.29, 1.82) is 0 Å². The molecule has 1 N–H and O–H groups in total. The fourth-order valence-electron chi connectivity index (χ4n) is 1.53. The summed E-state index contributed by atoms with van der Waals surface area (Å²) in [6.45, 7) is 3.93. The van der Waals surface area contributed by atoms with Crippen LogP contribution in [0.15, 0.2) is 22.7 Å². The van der Waals surface area contributed by atoms with Gasteiger partial charge in [0, 0.05) is 4.47 Å². The molecule has 0 aliphatic heterocycles. The summed E-state index contributed by atoms with van der Waals surface area (Å²) in [6.07, 6.45) is 0.703. The molecule has 2 aromatic rings. The van der Waals surface area contributed by atoms with Crippen LogP contribution >= 0.6 is 27.5 Å². The van der Waals surface area contributed by atoms with Crippen LogP contribution in [0.5, 0.6) is 0 Å². The Morgan fingerprint density at radius 2 is 2.28 bits per heavy atom. The van der Waals surface area contributed by atoms with E-state index in [0.29, 0.717) is 11.3 Å². The second kappa shape index (κ2) is 5.58. The van der Waals surface area contributed by atoms with E-state index in [1.54, 1.807) is 0 Å². The molecule has 1 heterocycles. The number of carbonyl (C=O) groups is 1. The minimum absolute atomic E-state index is 0.159. The van der Waals surface area contributed by atoms with E-state index in [9.17, 15) is 4.79 Å². The van der Waals surface area contributed by atoms with Crippen LogP contribution in [-0.4, -0.2) is 15.5 Å². The summed E-state index contributed by atoms with van der Waals surface area (Å²) in [4.78, 5) is 12.7. The van der Waals surface area contributed by atoms with Gasteiger partial charge in [-0.05, 0) is 58.5 Å². The molecule has 94 valence electrons. The number of carbonyl (C=O) groups excluding carboxylic acids is 1. The lowest BCUT2D eigenvalue weighted by atomic mass is 10.2. The van der Waals surface area contributed by atoms with Crippen molar-refractivity contribution in [3.8, 4) is 0 Å². The summed E-state index contributed by atoms with van der Waals surface area (Å²) < 4.78 is 4.67. The highest BCUT2D eigenvalue weighted by atomic mass is 79.9. The maximum atomic E-state index is 12.1. The molecule has 0 radical (unpaired) electrons. The fourth-order valence-corrected chi connectivity index (χ4v) is 2.52. The van der Waals surface area contributed by atoms with Crippen LogP contribution in [0.1, 0.15) is 27.9 Å². The number of nitrogens with one attached hydrogen (secondary N) is 1. The Kier molecular flexibility index (Phi) is 4.08. The number of rotatable bonds is 3. The van der Waals surface area contributed by atoms with Gasteiger partial charge < -0.3 is 5.32 Å². The Balaban J connectivity index is 2.24. The molecule has 0 aliphatic carbocycles. The lowest BCUT2D eigenvalue weighted by molar-refractivity contribution is 0.102. The number of anilines is 1. The minimum Gasteiger partial charge on any atom is -0.320 e. The molecule has 0 atom stereocenters. The first-order valence-electron chi connectivity index (χ1n) is 5.50. The van der Waals surface area contributed by atoms with Gasteiger partial charge in [0.25, 0.3) is 5.91 Å². The molecule has 1 aromatic heterocycles. The van der Waals surface area contributed by atoms with E-state index in [0.717, 1.165) is 32.9 Å². The van der Waals surface area contributed by atoms with Crippen LogP contribution in [-0.2, 0) is 6.42 Å². The normalized spacial score (nSPS) is 10.4. The van der Waals surface area contributed by atoms with E-state index in [1.807, 2.05) is 32.0 Å². The standard InChI is InChI=1S/C12H12BrN3OS/c1-3-9-11(18-16-15-9)12(17)14-10-6-7(2)4-5-8(10)13/h4-6H,3H2,1-2H3,(H,14,17). The van der Waals surface area contributed by atoms with Crippen LogP contribution < -0.4 is 5.32 Å². The van der Waals surface area contributed by atoms with Crippen molar-refractivity contribution in [3.05, 3.63) is 38.8 Å². The van der Waals surface area contributed by atoms with E-state index in [2.05, 4.69) is 30.8 Å². The quantitative estimate of drug-likeness (QED) is 0.940. The predicted molar refractivity (Wildman–Crippen MR) is 76.1 cm³/mol. The van der Waals surface area contributed by atoms with Gasteiger partial charge in [-0.25, -0.2) is 0 Å². The molecular weight excluding hydrogens is 314 g/mol. The Labute approximate surface area is 118 Å². The lowest BCUT2D eigenvalue weighted by Gasteiger charge is -2.07. The van der Waals surface area contributed by atoms with Crippen LogP contribution in [0.4, 0.5) is 5.69 Å². The number of hydrogen-bond donors (Lipinski definition) is 1. The molecule has 18 heavy (non-hydrogen) atoms. The highest BCUT2D eigenvalue weighted by molar-refractivity contribution is 9.10. The summed E-state index contributed by atoms with van der Waals surface area (Å²) in [5.74, 6) is -0.159. The summed E-state index contributed by atoms with van der Waals surface area (Å²) in [5, 5.41) is 6.81. The van der Waals surface area contributed by atoms with Gasteiger partial charge in [0.15, 0.2) is 0 Å². The van der Waals surface area contributed by atoms with Gasteiger partial charge in [-0.1, -0.05) is 17.5 Å². The van der Waals surface area contributed by atoms with E-state index < -0.39 is 0 Å². The molecule has 0 aliphatic rings. The van der Waals surface area contributed by atoms with Crippen molar-refractivity contribution in [2.24, 2.45) is 0 Å². The van der Waals surface area contributed by atoms with Gasteiger partial charge in [-0.15, -0.1) is 5.10 Å². The van der Waals surface area contributed by atoms with Crippen molar-refractivity contribution < 1.29 is 4.79 Å². The highest BCUT2D eigenvalue weighted by Gasteiger charge is 2.15. The van der Waals surface area contributed by atoms with Gasteiger partial charge >= 0.3 is 0 Å². The summed E-state index contributed by atoms with van der Waals surface area (Å²) in [7, 11) is 0. The van der Waals surface area contributed by atoms with E-state index >= 15 is 0 Å². The molecule has 1 amide bonds. The number of nitrogens with zero attached hydrogens (tertiary/aromatic N) is 2. The van der Waals surface area contributed by atoms with Crippen molar-refractivity contribution in [2.75, 3.05) is 5.32 Å². The third-order valence-corrected chi connectivity index (χ3v) is 3.93. The van der Waals surface area contributed by atoms with E-state index in [-0.39, 0.29) is 5.91 Å². The van der Waals surface area contributed by atoms with Gasteiger partial charge in [-0.2, -0.15) is 0 Å². The molecule has 6 heteroatoms. The molecule has 4 nitrogen and oxygen atoms in total. The summed E-state index contributed by atoms with van der Waals surface area (Å²) >= 11 is 4.54. The zero-order chi connectivity index (χ0) is 13.1. The number of aromatic nitrogens is 2. The third kappa shape index (κ3) is 2.76. The maximum Gasteiger partial charge on any atom is 0.269 e. The fraction of sp³-hybridized carbons (Fsp3) is 0.250. The Bertz CT molecular complexity index is 582. The minimum atomic E-state index is -0.159. The highest BCUT2D eigenvalue weighted by Crippen LogP contribution is 2.24. The maximum absolute atomic E-state index is 12.1. The van der Waals surface area contributed by atoms with Crippen LogP contribution in [0.25, 0.3) is 0 Å². The summed E-state index contributed by atoms with van der Waals surface area (Å²) in [5.41, 5.74) is 2.59. The molecule has 0 fully saturated rings. The molecule has 0 spiro atoms. The van der Waals surface area contributed by atoms with Gasteiger partial charge in [-0.3, -0.25) is 4.79 Å². The molecular formula is C12H12BrN3OS. The van der Waals surface area contributed by atoms with Crippen LogP contribution in [0.3, 0.4) is 0 Å². The number of hydrogen-bond acceptors (Lipinski definition) is 4. The first-order chi connectivity index (χ1) is 8.61. The van der Waals surface area contributed by atoms with Gasteiger partial charge in [0.1, 0.15) is 4.88 Å². The second-order valence-electron chi connectivity index (χ2n) is 3.84. The van der Waals surface area contributed by atoms with Crippen molar-refractivity contribution in [1.82, 2.24) is 9.59 Å². The third-order valence-electron chi connectivity index (χ3n) is 2.47. The van der Waals surface area contributed by atoms with Gasteiger partial charge in [0.2, 0.25) is 0 Å². The largest absolute Gasteiger partial charge is 0.320 e. The first-order valence-corrected chi connectivity index (χ1v) is 7.07. The van der Waals surface area contributed by atoms with Crippen molar-refractivity contribution >= 4 is 39.1 Å². The number of aryl methyl sites for hydroxylation is 2. The Morgan fingerprint density at radius 1 is 1.50 bits per heavy atom. The molecule has 0 saturated carbocycles. The number of benzene rings is 1. The zero-order valence-electron chi connectivity index (χ0n) is 10.0. The van der Waals surface area contributed by atoms with E-state index in [4.69, 9.17) is 0 Å². The topological polar surface area (TPSA) is 54.9 Å². The van der Waals surface area contributed by atoms with E-state index in [1.165, 1.54) is 0 Å². The second-order valence-corrected chi connectivity index (χ2v) is 5.45. The lowest BCUT2D eigenvalue weighted by Crippen LogP contribution is -2.12. The monoisotopic (exact) mass is 325 g/mol. The smallest absolute Gasteiger partial charge is 0.269 e. The first kappa shape index (κ1) is 13.2. The number of halogens is 1. The average molecular weight is 326 g/mol. The molecule has 0 saturated heterocycles.